The van der Waals surface area contributed by atoms with E-state index >= 15 is 0 Å². The molecular weight excluding hydrogens is 763 g/mol. The van der Waals surface area contributed by atoms with Gasteiger partial charge in [0.25, 0.3) is 11.8 Å². The lowest BCUT2D eigenvalue weighted by Crippen LogP contribution is -2.48. The third-order valence-corrected chi connectivity index (χ3v) is 10.8. The highest BCUT2D eigenvalue weighted by atomic mass is 16.5. The van der Waals surface area contributed by atoms with E-state index in [0.717, 1.165) is 63.4 Å². The summed E-state index contributed by atoms with van der Waals surface area (Å²) in [7, 11) is 0. The quantitative estimate of drug-likeness (QED) is 0.169. The summed E-state index contributed by atoms with van der Waals surface area (Å²) >= 11 is 0. The number of pyridine rings is 2. The van der Waals surface area contributed by atoms with Gasteiger partial charge in [-0.1, -0.05) is 10.3 Å². The van der Waals surface area contributed by atoms with Gasteiger partial charge in [-0.2, -0.15) is 20.5 Å². The van der Waals surface area contributed by atoms with E-state index in [1.54, 1.807) is 32.0 Å². The molecule has 3 saturated heterocycles. The summed E-state index contributed by atoms with van der Waals surface area (Å²) < 4.78 is 16.4. The zero-order valence-electron chi connectivity index (χ0n) is 33.1. The van der Waals surface area contributed by atoms with Crippen molar-refractivity contribution in [2.45, 2.75) is 64.5 Å². The number of anilines is 2. The Morgan fingerprint density at radius 3 is 1.67 bits per heavy atom. The molecule has 0 spiro atoms. The lowest BCUT2D eigenvalue weighted by molar-refractivity contribution is -0.119. The van der Waals surface area contributed by atoms with Crippen LogP contribution < -0.4 is 15.1 Å². The first-order valence-corrected chi connectivity index (χ1v) is 19.7. The molecule has 0 amide bonds. The maximum Gasteiger partial charge on any atom is 0.261 e. The summed E-state index contributed by atoms with van der Waals surface area (Å²) in [5, 5.41) is 32.1. The number of hydrogen-bond donors (Lipinski definition) is 1. The topological polar surface area (TPSA) is 205 Å². The second kappa shape index (κ2) is 17.3. The molecule has 9 rings (SSSR count). The zero-order valence-corrected chi connectivity index (χ0v) is 33.1. The molecule has 3 fully saturated rings. The highest BCUT2D eigenvalue weighted by molar-refractivity contribution is 5.95. The number of nitrogens with one attached hydrogen (secondary N) is 1. The Morgan fingerprint density at radius 1 is 0.717 bits per heavy atom. The predicted octanol–water partition coefficient (Wildman–Crippen LogP) is 6.94. The molecule has 0 bridgehead atoms. The van der Waals surface area contributed by atoms with Crippen LogP contribution in [0.5, 0.6) is 0 Å². The molecule has 60 heavy (non-hydrogen) atoms. The van der Waals surface area contributed by atoms with Crippen LogP contribution in [0.1, 0.15) is 61.3 Å². The molecule has 1 N–H and O–H groups in total. The molecule has 17 heteroatoms. The van der Waals surface area contributed by atoms with Crippen LogP contribution in [-0.2, 0) is 9.53 Å². The van der Waals surface area contributed by atoms with Crippen LogP contribution in [0.4, 0.5) is 23.0 Å². The second-order valence-corrected chi connectivity index (χ2v) is 15.0. The van der Waals surface area contributed by atoms with Gasteiger partial charge in [-0.15, -0.1) is 0 Å². The molecule has 4 aromatic heterocycles. The third kappa shape index (κ3) is 8.31. The summed E-state index contributed by atoms with van der Waals surface area (Å²) in [5.74, 6) is 3.31. The van der Waals surface area contributed by atoms with Gasteiger partial charge in [0.2, 0.25) is 0 Å². The first-order valence-electron chi connectivity index (χ1n) is 19.7. The first kappa shape index (κ1) is 39.5. The number of aromatic nitrogens is 6. The minimum atomic E-state index is 0.224. The Kier molecular flexibility index (Phi) is 11.4. The molecule has 6 aromatic rings. The number of aryl methyl sites for hydroxylation is 2. The summed E-state index contributed by atoms with van der Waals surface area (Å²) in [6.45, 7) is 22.5. The van der Waals surface area contributed by atoms with E-state index in [1.165, 1.54) is 6.07 Å². The standard InChI is InChI=1S/C24H25N7O2.C19H14N6O2/c1-15-27-24(33-30-15)21-12-16-10-20(26-2)11-17(13-25)22(16)29-23(21)31-7-5-18(6-8-31)28-19-4-3-9-32-14-19;1-11-22-19(27-24-11)16-9-12-7-14(21-2)8-13(10-20)17(12)23-18(16)25-5-3-15(26)4-6-25/h10-12,18-19,28H,3-9,14H2,1H3;7-9H,3-6H2,1H3/t19-;/m1./s1. The van der Waals surface area contributed by atoms with Crippen molar-refractivity contribution in [3.63, 3.8) is 0 Å². The Morgan fingerprint density at radius 2 is 1.23 bits per heavy atom. The van der Waals surface area contributed by atoms with Crippen molar-refractivity contribution >= 4 is 50.6 Å². The van der Waals surface area contributed by atoms with Gasteiger partial charge >= 0.3 is 0 Å². The molecule has 1 atom stereocenters. The molecule has 0 unspecified atom stereocenters. The van der Waals surface area contributed by atoms with Crippen molar-refractivity contribution in [1.82, 2.24) is 35.6 Å². The largest absolute Gasteiger partial charge is 0.380 e. The molecule has 3 aliphatic heterocycles. The van der Waals surface area contributed by atoms with Crippen LogP contribution >= 0.6 is 0 Å². The predicted molar refractivity (Wildman–Crippen MR) is 220 cm³/mol. The maximum atomic E-state index is 11.6. The molecule has 3 aliphatic rings. The van der Waals surface area contributed by atoms with Crippen LogP contribution in [0.2, 0.25) is 0 Å². The van der Waals surface area contributed by atoms with E-state index in [-0.39, 0.29) is 5.78 Å². The fourth-order valence-corrected chi connectivity index (χ4v) is 7.86. The van der Waals surface area contributed by atoms with E-state index in [1.807, 2.05) is 17.0 Å². The van der Waals surface area contributed by atoms with Gasteiger partial charge in [0.15, 0.2) is 23.0 Å². The van der Waals surface area contributed by atoms with Crippen LogP contribution in [0, 0.1) is 49.7 Å². The maximum absolute atomic E-state index is 11.6. The number of piperidine rings is 2. The van der Waals surface area contributed by atoms with Crippen LogP contribution in [-0.4, -0.2) is 87.5 Å². The normalized spacial score (nSPS) is 17.0. The number of ketones is 1. The average molecular weight is 802 g/mol. The van der Waals surface area contributed by atoms with E-state index < -0.39 is 0 Å². The van der Waals surface area contributed by atoms with Gasteiger partial charge in [0.05, 0.1) is 53.0 Å². The Balaban J connectivity index is 0.000000170. The molecular formula is C43H39N13O4. The number of benzene rings is 2. The number of carbonyl (C=O) groups is 1. The van der Waals surface area contributed by atoms with Gasteiger partial charge in [-0.3, -0.25) is 4.79 Å². The van der Waals surface area contributed by atoms with Gasteiger partial charge in [-0.25, -0.2) is 19.7 Å². The van der Waals surface area contributed by atoms with Gasteiger partial charge in [0.1, 0.15) is 29.6 Å². The first-order chi connectivity index (χ1) is 29.2. The van der Waals surface area contributed by atoms with Crippen LogP contribution in [0.15, 0.2) is 45.4 Å². The molecule has 0 radical (unpaired) electrons. The number of ether oxygens (including phenoxy) is 1. The second-order valence-electron chi connectivity index (χ2n) is 15.0. The van der Waals surface area contributed by atoms with E-state index in [2.05, 4.69) is 52.3 Å². The minimum Gasteiger partial charge on any atom is -0.380 e. The smallest absolute Gasteiger partial charge is 0.261 e. The number of hydrogen-bond acceptors (Lipinski definition) is 15. The number of Topliss-reactive ketones (excluding diaryl/α,β-unsaturated/α-hetero) is 1. The van der Waals surface area contributed by atoms with Crippen molar-refractivity contribution in [3.8, 4) is 35.0 Å². The monoisotopic (exact) mass is 801 g/mol. The Labute approximate surface area is 345 Å². The van der Waals surface area contributed by atoms with Crippen molar-refractivity contribution in [3.05, 3.63) is 82.0 Å². The lowest BCUT2D eigenvalue weighted by Gasteiger charge is -2.36. The highest BCUT2D eigenvalue weighted by Gasteiger charge is 2.28. The minimum absolute atomic E-state index is 0.224. The number of nitriles is 2. The molecule has 300 valence electrons. The van der Waals surface area contributed by atoms with Crippen LogP contribution in [0.25, 0.3) is 54.4 Å². The summed E-state index contributed by atoms with van der Waals surface area (Å²) in [4.78, 5) is 41.1. The van der Waals surface area contributed by atoms with Crippen molar-refractivity contribution in [2.24, 2.45) is 0 Å². The summed E-state index contributed by atoms with van der Waals surface area (Å²) in [5.41, 5.74) is 3.94. The van der Waals surface area contributed by atoms with Crippen LogP contribution in [0.3, 0.4) is 0 Å². The highest BCUT2D eigenvalue weighted by Crippen LogP contribution is 2.37. The van der Waals surface area contributed by atoms with Gasteiger partial charge in [0, 0.05) is 57.7 Å². The van der Waals surface area contributed by atoms with Crippen molar-refractivity contribution in [1.29, 1.82) is 10.5 Å². The molecule has 0 saturated carbocycles. The molecule has 2 aromatic carbocycles. The number of rotatable bonds is 6. The molecule has 0 aliphatic carbocycles. The average Bonchev–Trinajstić information content (AvgIpc) is 3.93. The lowest BCUT2D eigenvalue weighted by atomic mass is 10.0. The number of fused-ring (bicyclic) bond motifs is 2. The number of carbonyl (C=O) groups excluding carboxylic acids is 1. The van der Waals surface area contributed by atoms with E-state index in [0.29, 0.717) is 117 Å². The fourth-order valence-electron chi connectivity index (χ4n) is 7.86. The zero-order chi connectivity index (χ0) is 41.8. The van der Waals surface area contributed by atoms with Gasteiger partial charge < -0.3 is 28.9 Å². The Hall–Kier alpha value is -7.31. The Bertz CT molecular complexity index is 2760. The SMILES string of the molecule is [C-]#[N+]c1cc(C#N)c2nc(N3CCC(=O)CC3)c(-c3nc(C)no3)cc2c1.[C-]#[N+]c1cc(C#N)c2nc(N3CCC(N[C@@H]4CCCOC4)CC3)c(-c3nc(C)no3)cc2c1. The van der Waals surface area contributed by atoms with E-state index in [9.17, 15) is 15.3 Å². The van der Waals surface area contributed by atoms with Crippen molar-refractivity contribution < 1.29 is 18.6 Å². The fraction of sp³-hybridized carbons (Fsp3) is 0.372. The number of nitrogens with zero attached hydrogens (tertiary/aromatic N) is 12. The van der Waals surface area contributed by atoms with E-state index in [4.69, 9.17) is 36.9 Å². The van der Waals surface area contributed by atoms with Crippen molar-refractivity contribution in [2.75, 3.05) is 49.2 Å². The summed E-state index contributed by atoms with van der Waals surface area (Å²) in [6.07, 6.45) is 5.14. The van der Waals surface area contributed by atoms with Gasteiger partial charge in [-0.05, 0) is 86.7 Å². The molecule has 7 heterocycles. The molecule has 17 nitrogen and oxygen atoms in total. The third-order valence-electron chi connectivity index (χ3n) is 10.8. The summed E-state index contributed by atoms with van der Waals surface area (Å²) in [6, 6.07) is 15.5.